The molecule has 2 aromatic heterocycles. The molecule has 1 amide bonds. The van der Waals surface area contributed by atoms with E-state index in [1.807, 2.05) is 36.4 Å². The van der Waals surface area contributed by atoms with Gasteiger partial charge in [0.15, 0.2) is 0 Å². The Morgan fingerprint density at radius 3 is 2.57 bits per heavy atom. The van der Waals surface area contributed by atoms with Crippen LogP contribution in [0.2, 0.25) is 5.28 Å². The summed E-state index contributed by atoms with van der Waals surface area (Å²) in [4.78, 5) is 24.2. The standard InChI is InChI=1S/C17H13ClN4O/c18-17-19-9-8-14(21-17)13-6-7-15(20-11-13)22-16(23)10-12-4-2-1-3-5-12/h1-9,11H,10H2,(H,20,22,23). The molecule has 114 valence electrons. The number of anilines is 1. The maximum atomic E-state index is 12.0. The molecular weight excluding hydrogens is 312 g/mol. The summed E-state index contributed by atoms with van der Waals surface area (Å²) in [7, 11) is 0. The minimum Gasteiger partial charge on any atom is -0.310 e. The molecule has 0 bridgehead atoms. The van der Waals surface area contributed by atoms with E-state index in [1.165, 1.54) is 0 Å². The number of benzene rings is 1. The zero-order chi connectivity index (χ0) is 16.1. The Kier molecular flexibility index (Phi) is 4.59. The SMILES string of the molecule is O=C(Cc1ccccc1)Nc1ccc(-c2ccnc(Cl)n2)cn1. The van der Waals surface area contributed by atoms with Crippen molar-refractivity contribution in [2.75, 3.05) is 5.32 Å². The fraction of sp³-hybridized carbons (Fsp3) is 0.0588. The van der Waals surface area contributed by atoms with E-state index in [1.54, 1.807) is 24.5 Å². The van der Waals surface area contributed by atoms with Gasteiger partial charge in [0, 0.05) is 18.0 Å². The number of amides is 1. The Morgan fingerprint density at radius 1 is 1.04 bits per heavy atom. The second-order valence-corrected chi connectivity index (χ2v) is 5.19. The third kappa shape index (κ3) is 4.11. The summed E-state index contributed by atoms with van der Waals surface area (Å²) in [6, 6.07) is 14.9. The van der Waals surface area contributed by atoms with Gasteiger partial charge in [-0.2, -0.15) is 0 Å². The van der Waals surface area contributed by atoms with Crippen LogP contribution in [0.3, 0.4) is 0 Å². The monoisotopic (exact) mass is 324 g/mol. The van der Waals surface area contributed by atoms with Crippen molar-refractivity contribution in [3.63, 3.8) is 0 Å². The van der Waals surface area contributed by atoms with Gasteiger partial charge in [-0.1, -0.05) is 30.3 Å². The molecule has 5 nitrogen and oxygen atoms in total. The number of pyridine rings is 1. The summed E-state index contributed by atoms with van der Waals surface area (Å²) in [6.45, 7) is 0. The van der Waals surface area contributed by atoms with Crippen LogP contribution >= 0.6 is 11.6 Å². The van der Waals surface area contributed by atoms with Gasteiger partial charge in [-0.05, 0) is 35.4 Å². The number of hydrogen-bond donors (Lipinski definition) is 1. The Hall–Kier alpha value is -2.79. The highest BCUT2D eigenvalue weighted by Gasteiger charge is 2.06. The van der Waals surface area contributed by atoms with Gasteiger partial charge in [-0.15, -0.1) is 0 Å². The number of carbonyl (C=O) groups excluding carboxylic acids is 1. The van der Waals surface area contributed by atoms with E-state index in [4.69, 9.17) is 11.6 Å². The Balaban J connectivity index is 1.67. The minimum absolute atomic E-state index is 0.110. The Bertz CT molecular complexity index is 806. The van der Waals surface area contributed by atoms with Gasteiger partial charge < -0.3 is 5.32 Å². The number of rotatable bonds is 4. The molecule has 3 aromatic rings. The first kappa shape index (κ1) is 15.1. The molecule has 0 fully saturated rings. The zero-order valence-corrected chi connectivity index (χ0v) is 12.9. The molecule has 0 aliphatic carbocycles. The number of aromatic nitrogens is 3. The van der Waals surface area contributed by atoms with Crippen LogP contribution in [0.5, 0.6) is 0 Å². The Labute approximate surface area is 138 Å². The second-order valence-electron chi connectivity index (χ2n) is 4.85. The van der Waals surface area contributed by atoms with E-state index in [-0.39, 0.29) is 11.2 Å². The van der Waals surface area contributed by atoms with Crippen molar-refractivity contribution in [2.24, 2.45) is 0 Å². The lowest BCUT2D eigenvalue weighted by Crippen LogP contribution is -2.15. The molecule has 0 aliphatic heterocycles. The van der Waals surface area contributed by atoms with E-state index in [9.17, 15) is 4.79 Å². The number of nitrogens with zero attached hydrogens (tertiary/aromatic N) is 3. The number of halogens is 1. The summed E-state index contributed by atoms with van der Waals surface area (Å²) >= 11 is 5.77. The summed E-state index contributed by atoms with van der Waals surface area (Å²) < 4.78 is 0. The minimum atomic E-state index is -0.110. The van der Waals surface area contributed by atoms with Crippen LogP contribution in [0.25, 0.3) is 11.3 Å². The van der Waals surface area contributed by atoms with Crippen molar-refractivity contribution in [1.82, 2.24) is 15.0 Å². The van der Waals surface area contributed by atoms with Crippen LogP contribution in [-0.2, 0) is 11.2 Å². The third-order valence-corrected chi connectivity index (χ3v) is 3.34. The van der Waals surface area contributed by atoms with Gasteiger partial charge in [-0.3, -0.25) is 4.79 Å². The van der Waals surface area contributed by atoms with Crippen molar-refractivity contribution >= 4 is 23.3 Å². The second kappa shape index (κ2) is 6.98. The summed E-state index contributed by atoms with van der Waals surface area (Å²) in [5.74, 6) is 0.386. The first-order chi connectivity index (χ1) is 11.2. The lowest BCUT2D eigenvalue weighted by Gasteiger charge is -2.06. The van der Waals surface area contributed by atoms with Gasteiger partial charge in [-0.25, -0.2) is 15.0 Å². The van der Waals surface area contributed by atoms with E-state index >= 15 is 0 Å². The van der Waals surface area contributed by atoms with E-state index < -0.39 is 0 Å². The molecular formula is C17H13ClN4O. The molecule has 0 aliphatic rings. The lowest BCUT2D eigenvalue weighted by atomic mass is 10.1. The molecule has 0 atom stereocenters. The quantitative estimate of drug-likeness (QED) is 0.747. The largest absolute Gasteiger partial charge is 0.310 e. The smallest absolute Gasteiger partial charge is 0.229 e. The average Bonchev–Trinajstić information content (AvgIpc) is 2.56. The van der Waals surface area contributed by atoms with Crippen molar-refractivity contribution in [3.8, 4) is 11.3 Å². The first-order valence-corrected chi connectivity index (χ1v) is 7.37. The topological polar surface area (TPSA) is 67.8 Å². The van der Waals surface area contributed by atoms with Gasteiger partial charge in [0.2, 0.25) is 11.2 Å². The molecule has 3 rings (SSSR count). The van der Waals surface area contributed by atoms with Crippen molar-refractivity contribution in [2.45, 2.75) is 6.42 Å². The van der Waals surface area contributed by atoms with Gasteiger partial charge in [0.25, 0.3) is 0 Å². The molecule has 0 spiro atoms. The normalized spacial score (nSPS) is 10.3. The number of hydrogen-bond acceptors (Lipinski definition) is 4. The highest BCUT2D eigenvalue weighted by atomic mass is 35.5. The van der Waals surface area contributed by atoms with Crippen LogP contribution in [0, 0.1) is 0 Å². The van der Waals surface area contributed by atoms with E-state index in [0.29, 0.717) is 17.9 Å². The zero-order valence-electron chi connectivity index (χ0n) is 12.1. The molecule has 1 N–H and O–H groups in total. The maximum absolute atomic E-state index is 12.0. The fourth-order valence-electron chi connectivity index (χ4n) is 2.08. The fourth-order valence-corrected chi connectivity index (χ4v) is 2.23. The summed E-state index contributed by atoms with van der Waals surface area (Å²) in [5, 5.41) is 2.95. The number of nitrogens with one attached hydrogen (secondary N) is 1. The van der Waals surface area contributed by atoms with Gasteiger partial charge in [0.1, 0.15) is 5.82 Å². The highest BCUT2D eigenvalue weighted by Crippen LogP contribution is 2.18. The van der Waals surface area contributed by atoms with Crippen LogP contribution in [0.4, 0.5) is 5.82 Å². The molecule has 0 radical (unpaired) electrons. The van der Waals surface area contributed by atoms with Crippen molar-refractivity contribution < 1.29 is 4.79 Å². The summed E-state index contributed by atoms with van der Waals surface area (Å²) in [5.41, 5.74) is 2.44. The molecule has 2 heterocycles. The molecule has 0 unspecified atom stereocenters. The summed E-state index contributed by atoms with van der Waals surface area (Å²) in [6.07, 6.45) is 3.53. The van der Waals surface area contributed by atoms with Crippen molar-refractivity contribution in [3.05, 3.63) is 71.8 Å². The maximum Gasteiger partial charge on any atom is 0.229 e. The van der Waals surface area contributed by atoms with Gasteiger partial charge in [0.05, 0.1) is 12.1 Å². The predicted molar refractivity (Wildman–Crippen MR) is 89.0 cm³/mol. The van der Waals surface area contributed by atoms with Crippen LogP contribution in [0.1, 0.15) is 5.56 Å². The number of carbonyl (C=O) groups is 1. The van der Waals surface area contributed by atoms with Crippen LogP contribution < -0.4 is 5.32 Å². The molecule has 0 saturated heterocycles. The molecule has 23 heavy (non-hydrogen) atoms. The van der Waals surface area contributed by atoms with Gasteiger partial charge >= 0.3 is 0 Å². The predicted octanol–water partition coefficient (Wildman–Crippen LogP) is 3.37. The first-order valence-electron chi connectivity index (χ1n) is 6.99. The van der Waals surface area contributed by atoms with Crippen molar-refractivity contribution in [1.29, 1.82) is 0 Å². The van der Waals surface area contributed by atoms with E-state index in [0.717, 1.165) is 11.1 Å². The molecule has 1 aromatic carbocycles. The van der Waals surface area contributed by atoms with E-state index in [2.05, 4.69) is 20.3 Å². The lowest BCUT2D eigenvalue weighted by molar-refractivity contribution is -0.115. The molecule has 0 saturated carbocycles. The highest BCUT2D eigenvalue weighted by molar-refractivity contribution is 6.28. The van der Waals surface area contributed by atoms with Crippen LogP contribution in [-0.4, -0.2) is 20.9 Å². The molecule has 6 heteroatoms. The average molecular weight is 325 g/mol. The van der Waals surface area contributed by atoms with Crippen LogP contribution in [0.15, 0.2) is 60.9 Å². The third-order valence-electron chi connectivity index (χ3n) is 3.16. The Morgan fingerprint density at radius 2 is 1.87 bits per heavy atom.